The molecule has 1 heterocycles. The predicted octanol–water partition coefficient (Wildman–Crippen LogP) is 2.97. The van der Waals surface area contributed by atoms with Gasteiger partial charge in [0.05, 0.1) is 11.7 Å². The Bertz CT molecular complexity index is 969. The van der Waals surface area contributed by atoms with Gasteiger partial charge in [0.2, 0.25) is 0 Å². The highest BCUT2D eigenvalue weighted by molar-refractivity contribution is 6.09. The van der Waals surface area contributed by atoms with E-state index < -0.39 is 11.9 Å². The van der Waals surface area contributed by atoms with Crippen LogP contribution in [0, 0.1) is 20.8 Å². The molecule has 0 bridgehead atoms. The van der Waals surface area contributed by atoms with E-state index in [1.54, 1.807) is 26.0 Å². The van der Waals surface area contributed by atoms with Gasteiger partial charge in [-0.1, -0.05) is 29.8 Å². The van der Waals surface area contributed by atoms with Gasteiger partial charge in [0.15, 0.2) is 5.76 Å². The molecule has 1 amide bonds. The number of hydrogen-bond donors (Lipinski definition) is 1. The second-order valence-electron chi connectivity index (χ2n) is 5.79. The molecular formula is C19H16NO4-. The Morgan fingerprint density at radius 2 is 1.83 bits per heavy atom. The van der Waals surface area contributed by atoms with Crippen molar-refractivity contribution >= 4 is 28.5 Å². The number of carbonyl (C=O) groups excluding carboxylic acids is 2. The molecule has 0 radical (unpaired) electrons. The largest absolute Gasteiger partial charge is 0.545 e. The molecule has 3 aromatic rings. The summed E-state index contributed by atoms with van der Waals surface area (Å²) < 4.78 is 5.65. The number of fused-ring (bicyclic) bond motifs is 1. The van der Waals surface area contributed by atoms with Gasteiger partial charge in [-0.2, -0.15) is 0 Å². The van der Waals surface area contributed by atoms with Gasteiger partial charge in [-0.3, -0.25) is 4.79 Å². The first-order valence-corrected chi connectivity index (χ1v) is 7.50. The number of nitrogens with one attached hydrogen (secondary N) is 1. The van der Waals surface area contributed by atoms with E-state index in [2.05, 4.69) is 5.32 Å². The van der Waals surface area contributed by atoms with Crippen LogP contribution in [0.15, 0.2) is 40.8 Å². The number of carbonyl (C=O) groups is 2. The number of hydrogen-bond acceptors (Lipinski definition) is 4. The second-order valence-corrected chi connectivity index (χ2v) is 5.79. The van der Waals surface area contributed by atoms with E-state index in [0.29, 0.717) is 11.1 Å². The van der Waals surface area contributed by atoms with Crippen molar-refractivity contribution in [1.82, 2.24) is 0 Å². The fraction of sp³-hybridized carbons (Fsp3) is 0.158. The third-order valence-electron chi connectivity index (χ3n) is 4.03. The molecule has 0 aliphatic heterocycles. The highest BCUT2D eigenvalue weighted by Gasteiger charge is 2.19. The zero-order valence-electron chi connectivity index (χ0n) is 13.6. The summed E-state index contributed by atoms with van der Waals surface area (Å²) in [5, 5.41) is 14.8. The van der Waals surface area contributed by atoms with E-state index in [0.717, 1.165) is 16.5 Å². The summed E-state index contributed by atoms with van der Waals surface area (Å²) in [6, 6.07) is 10.4. The number of carboxylic acid groups (broad SMARTS) is 1. The van der Waals surface area contributed by atoms with Gasteiger partial charge in [-0.05, 0) is 38.5 Å². The van der Waals surface area contributed by atoms with E-state index in [1.165, 1.54) is 6.07 Å². The number of carboxylic acids is 1. The normalized spacial score (nSPS) is 10.8. The van der Waals surface area contributed by atoms with Crippen LogP contribution in [0.25, 0.3) is 11.0 Å². The van der Waals surface area contributed by atoms with Crippen LogP contribution in [0.4, 0.5) is 5.69 Å². The Labute approximate surface area is 138 Å². The molecule has 0 saturated heterocycles. The molecule has 0 fully saturated rings. The van der Waals surface area contributed by atoms with E-state index >= 15 is 0 Å². The minimum Gasteiger partial charge on any atom is -0.545 e. The molecule has 1 N–H and O–H groups in total. The summed E-state index contributed by atoms with van der Waals surface area (Å²) in [7, 11) is 0. The molecular weight excluding hydrogens is 306 g/mol. The predicted molar refractivity (Wildman–Crippen MR) is 89.2 cm³/mol. The molecule has 0 atom stereocenters. The van der Waals surface area contributed by atoms with Crippen LogP contribution in [0.3, 0.4) is 0 Å². The van der Waals surface area contributed by atoms with Gasteiger partial charge in [-0.25, -0.2) is 0 Å². The Morgan fingerprint density at radius 1 is 1.08 bits per heavy atom. The van der Waals surface area contributed by atoms with E-state index in [9.17, 15) is 14.7 Å². The Hall–Kier alpha value is -3.08. The van der Waals surface area contributed by atoms with Gasteiger partial charge >= 0.3 is 0 Å². The monoisotopic (exact) mass is 322 g/mol. The number of para-hydroxylation sites is 1. The highest BCUT2D eigenvalue weighted by atomic mass is 16.4. The third kappa shape index (κ3) is 2.65. The van der Waals surface area contributed by atoms with Crippen molar-refractivity contribution < 1.29 is 19.1 Å². The first kappa shape index (κ1) is 15.8. The minimum atomic E-state index is -1.34. The molecule has 3 rings (SSSR count). The van der Waals surface area contributed by atoms with E-state index in [4.69, 9.17) is 4.42 Å². The van der Waals surface area contributed by atoms with Crippen molar-refractivity contribution in [3.8, 4) is 0 Å². The molecule has 2 aromatic carbocycles. The molecule has 122 valence electrons. The van der Waals surface area contributed by atoms with Gasteiger partial charge < -0.3 is 19.6 Å². The maximum atomic E-state index is 12.6. The summed E-state index contributed by atoms with van der Waals surface area (Å²) in [5.74, 6) is -1.66. The standard InChI is InChI=1S/C19H17NO4/c1-10-7-8-15-14(9-10)12(3)17(24-15)18(21)20-16-11(2)5-4-6-13(16)19(22)23/h4-9H,1-3H3,(H,20,21)(H,22,23)/p-1. The summed E-state index contributed by atoms with van der Waals surface area (Å²) in [4.78, 5) is 23.8. The zero-order valence-corrected chi connectivity index (χ0v) is 13.6. The van der Waals surface area contributed by atoms with Crippen molar-refractivity contribution in [3.63, 3.8) is 0 Å². The topological polar surface area (TPSA) is 82.4 Å². The highest BCUT2D eigenvalue weighted by Crippen LogP contribution is 2.28. The van der Waals surface area contributed by atoms with Crippen molar-refractivity contribution in [1.29, 1.82) is 0 Å². The number of aromatic carboxylic acids is 1. The molecule has 5 nitrogen and oxygen atoms in total. The lowest BCUT2D eigenvalue weighted by molar-refractivity contribution is -0.254. The molecule has 1 aromatic heterocycles. The Morgan fingerprint density at radius 3 is 2.54 bits per heavy atom. The molecule has 5 heteroatoms. The van der Waals surface area contributed by atoms with Crippen LogP contribution in [0.5, 0.6) is 0 Å². The van der Waals surface area contributed by atoms with Gasteiger partial charge in [0.25, 0.3) is 5.91 Å². The number of furan rings is 1. The average Bonchev–Trinajstić information content (AvgIpc) is 2.86. The summed E-state index contributed by atoms with van der Waals surface area (Å²) in [6.45, 7) is 5.49. The molecule has 0 aliphatic rings. The lowest BCUT2D eigenvalue weighted by atomic mass is 10.1. The maximum absolute atomic E-state index is 12.6. The van der Waals surface area contributed by atoms with Crippen molar-refractivity contribution in [2.75, 3.05) is 5.32 Å². The molecule has 0 spiro atoms. The number of anilines is 1. The molecule has 0 saturated carbocycles. The lowest BCUT2D eigenvalue weighted by Crippen LogP contribution is -2.25. The van der Waals surface area contributed by atoms with Gasteiger partial charge in [0, 0.05) is 16.5 Å². The Kier molecular flexibility index (Phi) is 3.85. The quantitative estimate of drug-likeness (QED) is 0.803. The van der Waals surface area contributed by atoms with Gasteiger partial charge in [0.1, 0.15) is 5.58 Å². The fourth-order valence-corrected chi connectivity index (χ4v) is 2.73. The van der Waals surface area contributed by atoms with Crippen LogP contribution in [0.2, 0.25) is 0 Å². The van der Waals surface area contributed by atoms with Crippen LogP contribution < -0.4 is 10.4 Å². The van der Waals surface area contributed by atoms with Crippen LogP contribution in [-0.2, 0) is 0 Å². The van der Waals surface area contributed by atoms with Crippen LogP contribution >= 0.6 is 0 Å². The average molecular weight is 322 g/mol. The minimum absolute atomic E-state index is 0.0621. The smallest absolute Gasteiger partial charge is 0.291 e. The first-order valence-electron chi connectivity index (χ1n) is 7.50. The molecule has 0 aliphatic carbocycles. The molecule has 0 unspecified atom stereocenters. The SMILES string of the molecule is Cc1ccc2oc(C(=O)Nc3c(C)cccc3C(=O)[O-])c(C)c2c1. The summed E-state index contributed by atoms with van der Waals surface area (Å²) in [5.41, 5.74) is 3.19. The number of rotatable bonds is 3. The molecule has 24 heavy (non-hydrogen) atoms. The number of benzene rings is 2. The van der Waals surface area contributed by atoms with Crippen LogP contribution in [0.1, 0.15) is 37.6 Å². The summed E-state index contributed by atoms with van der Waals surface area (Å²) >= 11 is 0. The van der Waals surface area contributed by atoms with Crippen LogP contribution in [-0.4, -0.2) is 11.9 Å². The fourth-order valence-electron chi connectivity index (χ4n) is 2.73. The first-order chi connectivity index (χ1) is 11.4. The zero-order chi connectivity index (χ0) is 17.4. The number of aryl methyl sites for hydroxylation is 3. The van der Waals surface area contributed by atoms with Crippen molar-refractivity contribution in [2.24, 2.45) is 0 Å². The van der Waals surface area contributed by atoms with Gasteiger partial charge in [-0.15, -0.1) is 0 Å². The second kappa shape index (κ2) is 5.85. The van der Waals surface area contributed by atoms with E-state index in [-0.39, 0.29) is 17.0 Å². The summed E-state index contributed by atoms with van der Waals surface area (Å²) in [6.07, 6.45) is 0. The van der Waals surface area contributed by atoms with E-state index in [1.807, 2.05) is 25.1 Å². The van der Waals surface area contributed by atoms with Crippen molar-refractivity contribution in [3.05, 3.63) is 64.4 Å². The van der Waals surface area contributed by atoms with Crippen molar-refractivity contribution in [2.45, 2.75) is 20.8 Å². The third-order valence-corrected chi connectivity index (χ3v) is 4.03. The number of amides is 1. The Balaban J connectivity index is 2.03. The lowest BCUT2D eigenvalue weighted by Gasteiger charge is -2.14. The maximum Gasteiger partial charge on any atom is 0.291 e.